The maximum absolute atomic E-state index is 12.6. The molecule has 0 aromatic heterocycles. The first-order valence-corrected chi connectivity index (χ1v) is 10.4. The number of phenols is 1. The largest absolute Gasteiger partial charge is 0.504 e. The van der Waals surface area contributed by atoms with E-state index >= 15 is 0 Å². The second-order valence-corrected chi connectivity index (χ2v) is 7.73. The van der Waals surface area contributed by atoms with Gasteiger partial charge in [-0.05, 0) is 60.7 Å². The van der Waals surface area contributed by atoms with Crippen LogP contribution in [0.2, 0.25) is 5.02 Å². The fourth-order valence-electron chi connectivity index (χ4n) is 2.77. The normalized spacial score (nSPS) is 14.8. The van der Waals surface area contributed by atoms with Gasteiger partial charge in [0.25, 0.3) is 11.1 Å². The highest BCUT2D eigenvalue weighted by molar-refractivity contribution is 8.18. The van der Waals surface area contributed by atoms with Gasteiger partial charge in [-0.3, -0.25) is 19.3 Å². The number of benzene rings is 2. The summed E-state index contributed by atoms with van der Waals surface area (Å²) in [6.07, 6.45) is 1.51. The molecule has 8 nitrogen and oxygen atoms in total. The molecule has 2 aromatic rings. The van der Waals surface area contributed by atoms with Crippen molar-refractivity contribution < 1.29 is 29.0 Å². The summed E-state index contributed by atoms with van der Waals surface area (Å²) < 4.78 is 10.4. The van der Waals surface area contributed by atoms with Gasteiger partial charge in [0.15, 0.2) is 11.5 Å². The molecule has 0 bridgehead atoms. The molecule has 2 aromatic carbocycles. The zero-order valence-corrected chi connectivity index (χ0v) is 18.2. The van der Waals surface area contributed by atoms with Crippen molar-refractivity contribution in [3.05, 3.63) is 51.9 Å². The van der Waals surface area contributed by atoms with Crippen LogP contribution in [0, 0.1) is 0 Å². The Morgan fingerprint density at radius 2 is 2.00 bits per heavy atom. The lowest BCUT2D eigenvalue weighted by Gasteiger charge is -2.13. The standard InChI is InChI=1S/C21H19ClN2O6S/c1-3-30-17-8-12(4-6-15(17)25)9-18-20(27)24(21(28)31-18)11-19(26)23-13-5-7-16(29-2)14(22)10-13/h4-10,25H,3,11H2,1-2H3,(H,23,26)/b18-9+. The molecule has 1 aliphatic heterocycles. The highest BCUT2D eigenvalue weighted by Gasteiger charge is 2.36. The van der Waals surface area contributed by atoms with Crippen molar-refractivity contribution in [2.45, 2.75) is 6.92 Å². The summed E-state index contributed by atoms with van der Waals surface area (Å²) in [5.41, 5.74) is 0.981. The van der Waals surface area contributed by atoms with Crippen LogP contribution in [0.15, 0.2) is 41.3 Å². The van der Waals surface area contributed by atoms with E-state index in [2.05, 4.69) is 5.32 Å². The average Bonchev–Trinajstić information content (AvgIpc) is 2.98. The first-order chi connectivity index (χ1) is 14.8. The summed E-state index contributed by atoms with van der Waals surface area (Å²) in [5, 5.41) is 12.1. The smallest absolute Gasteiger partial charge is 0.294 e. The molecule has 0 aliphatic carbocycles. The van der Waals surface area contributed by atoms with Gasteiger partial charge in [-0.2, -0.15) is 0 Å². The van der Waals surface area contributed by atoms with Crippen LogP contribution in [0.4, 0.5) is 10.5 Å². The van der Waals surface area contributed by atoms with Gasteiger partial charge in [0.1, 0.15) is 12.3 Å². The molecule has 162 valence electrons. The molecule has 0 atom stereocenters. The van der Waals surface area contributed by atoms with Crippen LogP contribution < -0.4 is 14.8 Å². The number of anilines is 1. The molecule has 0 saturated carbocycles. The Labute approximate surface area is 187 Å². The number of nitrogens with zero attached hydrogens (tertiary/aromatic N) is 1. The Balaban J connectivity index is 1.70. The Morgan fingerprint density at radius 3 is 2.68 bits per heavy atom. The number of hydrogen-bond donors (Lipinski definition) is 2. The molecule has 10 heteroatoms. The summed E-state index contributed by atoms with van der Waals surface area (Å²) in [5.74, 6) is -0.426. The first kappa shape index (κ1) is 22.5. The van der Waals surface area contributed by atoms with Crippen molar-refractivity contribution in [3.8, 4) is 17.2 Å². The Bertz CT molecular complexity index is 1070. The number of hydrogen-bond acceptors (Lipinski definition) is 7. The Hall–Kier alpha value is -3.17. The van der Waals surface area contributed by atoms with Crippen LogP contribution in [-0.2, 0) is 9.59 Å². The van der Waals surface area contributed by atoms with Crippen molar-refractivity contribution in [1.29, 1.82) is 0 Å². The summed E-state index contributed by atoms with van der Waals surface area (Å²) in [6, 6.07) is 9.28. The molecule has 1 saturated heterocycles. The van der Waals surface area contributed by atoms with E-state index in [0.717, 1.165) is 16.7 Å². The number of imide groups is 1. The number of halogens is 1. The number of carbonyl (C=O) groups is 3. The predicted octanol–water partition coefficient (Wildman–Crippen LogP) is 4.13. The second-order valence-electron chi connectivity index (χ2n) is 6.33. The third-order valence-electron chi connectivity index (χ3n) is 4.19. The van der Waals surface area contributed by atoms with Crippen LogP contribution >= 0.6 is 23.4 Å². The lowest BCUT2D eigenvalue weighted by Crippen LogP contribution is -2.36. The van der Waals surface area contributed by atoms with Gasteiger partial charge >= 0.3 is 0 Å². The van der Waals surface area contributed by atoms with E-state index in [0.29, 0.717) is 28.6 Å². The van der Waals surface area contributed by atoms with Gasteiger partial charge in [0, 0.05) is 5.69 Å². The molecular formula is C21H19ClN2O6S. The van der Waals surface area contributed by atoms with Gasteiger partial charge in [-0.25, -0.2) is 0 Å². The van der Waals surface area contributed by atoms with E-state index in [-0.39, 0.29) is 16.4 Å². The van der Waals surface area contributed by atoms with E-state index in [9.17, 15) is 19.5 Å². The number of nitrogens with one attached hydrogen (secondary N) is 1. The van der Waals surface area contributed by atoms with E-state index in [4.69, 9.17) is 21.1 Å². The molecule has 3 amide bonds. The first-order valence-electron chi connectivity index (χ1n) is 9.17. The van der Waals surface area contributed by atoms with Crippen molar-refractivity contribution in [2.24, 2.45) is 0 Å². The van der Waals surface area contributed by atoms with Crippen molar-refractivity contribution in [2.75, 3.05) is 25.6 Å². The highest BCUT2D eigenvalue weighted by Crippen LogP contribution is 2.34. The molecule has 1 heterocycles. The molecule has 0 radical (unpaired) electrons. The zero-order chi connectivity index (χ0) is 22.5. The molecule has 0 spiro atoms. The fraction of sp³-hybridized carbons (Fsp3) is 0.190. The maximum Gasteiger partial charge on any atom is 0.294 e. The quantitative estimate of drug-likeness (QED) is 0.596. The van der Waals surface area contributed by atoms with Gasteiger partial charge in [-0.15, -0.1) is 0 Å². The number of amides is 3. The second kappa shape index (κ2) is 9.76. The maximum atomic E-state index is 12.6. The lowest BCUT2D eigenvalue weighted by atomic mass is 10.2. The average molecular weight is 463 g/mol. The van der Waals surface area contributed by atoms with Gasteiger partial charge in [0.2, 0.25) is 5.91 Å². The van der Waals surface area contributed by atoms with Crippen molar-refractivity contribution in [3.63, 3.8) is 0 Å². The summed E-state index contributed by atoms with van der Waals surface area (Å²) in [4.78, 5) is 38.3. The number of aromatic hydroxyl groups is 1. The third kappa shape index (κ3) is 5.31. The fourth-order valence-corrected chi connectivity index (χ4v) is 3.86. The van der Waals surface area contributed by atoms with E-state index in [1.165, 1.54) is 25.3 Å². The number of methoxy groups -OCH3 is 1. The Kier molecular flexibility index (Phi) is 7.09. The zero-order valence-electron chi connectivity index (χ0n) is 16.7. The monoisotopic (exact) mass is 462 g/mol. The predicted molar refractivity (Wildman–Crippen MR) is 119 cm³/mol. The molecule has 31 heavy (non-hydrogen) atoms. The third-order valence-corrected chi connectivity index (χ3v) is 5.40. The topological polar surface area (TPSA) is 105 Å². The molecule has 1 fully saturated rings. The minimum Gasteiger partial charge on any atom is -0.504 e. The van der Waals surface area contributed by atoms with E-state index in [1.54, 1.807) is 31.2 Å². The number of phenolic OH excluding ortho intramolecular Hbond substituents is 1. The van der Waals surface area contributed by atoms with Gasteiger partial charge in [0.05, 0.1) is 23.6 Å². The minimum atomic E-state index is -0.580. The SMILES string of the molecule is CCOc1cc(/C=C2/SC(=O)N(CC(=O)Nc3ccc(OC)c(Cl)c3)C2=O)ccc1O. The van der Waals surface area contributed by atoms with Crippen LogP contribution in [0.25, 0.3) is 6.08 Å². The molecular weight excluding hydrogens is 444 g/mol. The van der Waals surface area contributed by atoms with Crippen LogP contribution in [0.1, 0.15) is 12.5 Å². The highest BCUT2D eigenvalue weighted by atomic mass is 35.5. The van der Waals surface area contributed by atoms with E-state index in [1.807, 2.05) is 0 Å². The Morgan fingerprint density at radius 1 is 1.23 bits per heavy atom. The van der Waals surface area contributed by atoms with Crippen molar-refractivity contribution in [1.82, 2.24) is 4.90 Å². The van der Waals surface area contributed by atoms with Gasteiger partial charge < -0.3 is 19.9 Å². The summed E-state index contributed by atoms with van der Waals surface area (Å²) in [7, 11) is 1.47. The number of ether oxygens (including phenoxy) is 2. The van der Waals surface area contributed by atoms with Crippen molar-refractivity contribution >= 4 is 52.2 Å². The number of carbonyl (C=O) groups excluding carboxylic acids is 3. The molecule has 1 aliphatic rings. The van der Waals surface area contributed by atoms with Crippen LogP contribution in [0.3, 0.4) is 0 Å². The van der Waals surface area contributed by atoms with Gasteiger partial charge in [-0.1, -0.05) is 17.7 Å². The molecule has 2 N–H and O–H groups in total. The number of thioether (sulfide) groups is 1. The molecule has 0 unspecified atom stereocenters. The lowest BCUT2D eigenvalue weighted by molar-refractivity contribution is -0.127. The minimum absolute atomic E-state index is 0.0255. The van der Waals surface area contributed by atoms with Crippen LogP contribution in [0.5, 0.6) is 17.2 Å². The van der Waals surface area contributed by atoms with Crippen LogP contribution in [-0.4, -0.2) is 47.3 Å². The molecule has 3 rings (SSSR count). The van der Waals surface area contributed by atoms with E-state index < -0.39 is 23.6 Å². The summed E-state index contributed by atoms with van der Waals surface area (Å²) in [6.45, 7) is 1.70. The summed E-state index contributed by atoms with van der Waals surface area (Å²) >= 11 is 6.77. The number of rotatable bonds is 7.